The lowest BCUT2D eigenvalue weighted by Gasteiger charge is -2.09. The maximum Gasteiger partial charge on any atom is 0.273 e. The van der Waals surface area contributed by atoms with Crippen LogP contribution >= 0.6 is 0 Å². The van der Waals surface area contributed by atoms with Crippen LogP contribution in [0.5, 0.6) is 5.75 Å². The molecule has 1 aromatic rings. The Labute approximate surface area is 92.3 Å². The van der Waals surface area contributed by atoms with Crippen molar-refractivity contribution in [1.82, 2.24) is 4.90 Å². The Bertz CT molecular complexity index is 429. The van der Waals surface area contributed by atoms with E-state index in [2.05, 4.69) is 0 Å². The highest BCUT2D eigenvalue weighted by molar-refractivity contribution is 6.00. The van der Waals surface area contributed by atoms with Crippen LogP contribution in [0.4, 0.5) is 5.69 Å². The predicted octanol–water partition coefficient (Wildman–Crippen LogP) is 1.04. The lowest BCUT2D eigenvalue weighted by atomic mass is 10.1. The zero-order valence-corrected chi connectivity index (χ0v) is 9.01. The lowest BCUT2D eigenvalue weighted by Crippen LogP contribution is -2.21. The first-order valence-electron chi connectivity index (χ1n) is 4.57. The van der Waals surface area contributed by atoms with Crippen molar-refractivity contribution < 1.29 is 14.8 Å². The van der Waals surface area contributed by atoms with Crippen LogP contribution < -0.4 is 0 Å². The molecule has 0 unspecified atom stereocenters. The fraction of sp³-hybridized carbons (Fsp3) is 0.300. The van der Waals surface area contributed by atoms with Crippen LogP contribution in [-0.4, -0.2) is 41.4 Å². The Morgan fingerprint density at radius 3 is 2.56 bits per heavy atom. The van der Waals surface area contributed by atoms with Gasteiger partial charge in [-0.15, -0.1) is 0 Å². The second-order valence-electron chi connectivity index (χ2n) is 3.62. The van der Waals surface area contributed by atoms with Crippen molar-refractivity contribution in [1.29, 1.82) is 0 Å². The number of ketones is 1. The van der Waals surface area contributed by atoms with Crippen LogP contribution in [0.2, 0.25) is 0 Å². The molecule has 1 rings (SSSR count). The molecule has 0 bridgehead atoms. The van der Waals surface area contributed by atoms with E-state index < -0.39 is 4.92 Å². The third-order valence-electron chi connectivity index (χ3n) is 1.95. The van der Waals surface area contributed by atoms with Crippen LogP contribution in [0.1, 0.15) is 10.4 Å². The highest BCUT2D eigenvalue weighted by Crippen LogP contribution is 2.23. The first-order chi connectivity index (χ1) is 7.41. The van der Waals surface area contributed by atoms with Gasteiger partial charge in [0.15, 0.2) is 5.78 Å². The van der Waals surface area contributed by atoms with E-state index in [1.807, 2.05) is 0 Å². The number of phenols is 1. The highest BCUT2D eigenvalue weighted by atomic mass is 16.6. The first-order valence-corrected chi connectivity index (χ1v) is 4.57. The van der Waals surface area contributed by atoms with Crippen LogP contribution in [-0.2, 0) is 0 Å². The van der Waals surface area contributed by atoms with Gasteiger partial charge >= 0.3 is 0 Å². The molecule has 0 aromatic heterocycles. The third-order valence-corrected chi connectivity index (χ3v) is 1.95. The minimum absolute atomic E-state index is 0.0966. The number of Topliss-reactive ketones (excluding diaryl/α,β-unsaturated/α-hetero) is 1. The molecule has 0 aliphatic rings. The fourth-order valence-electron chi connectivity index (χ4n) is 1.24. The Morgan fingerprint density at radius 1 is 1.50 bits per heavy atom. The number of non-ortho nitro benzene ring substituents is 1. The summed E-state index contributed by atoms with van der Waals surface area (Å²) in [6, 6.07) is 3.44. The maximum absolute atomic E-state index is 11.6. The summed E-state index contributed by atoms with van der Waals surface area (Å²) in [5, 5.41) is 19.9. The van der Waals surface area contributed by atoms with E-state index in [4.69, 9.17) is 0 Å². The van der Waals surface area contributed by atoms with Gasteiger partial charge in [-0.3, -0.25) is 14.9 Å². The zero-order chi connectivity index (χ0) is 12.3. The van der Waals surface area contributed by atoms with Gasteiger partial charge in [0, 0.05) is 6.07 Å². The number of benzene rings is 1. The molecule has 0 spiro atoms. The Balaban J connectivity index is 2.99. The standard InChI is InChI=1S/C10H12N2O4/c1-11(2)6-10(14)8-4-3-7(12(15)16)5-9(8)13/h3-5,13H,6H2,1-2H3. The molecular weight excluding hydrogens is 212 g/mol. The van der Waals surface area contributed by atoms with E-state index >= 15 is 0 Å². The van der Waals surface area contributed by atoms with Gasteiger partial charge in [0.1, 0.15) is 5.75 Å². The summed E-state index contributed by atoms with van der Waals surface area (Å²) in [7, 11) is 3.45. The summed E-state index contributed by atoms with van der Waals surface area (Å²) in [6.45, 7) is 0.144. The minimum atomic E-state index is -0.625. The number of phenolic OH excluding ortho intramolecular Hbond substituents is 1. The fourth-order valence-corrected chi connectivity index (χ4v) is 1.24. The van der Waals surface area contributed by atoms with Crippen LogP contribution in [0.15, 0.2) is 18.2 Å². The van der Waals surface area contributed by atoms with E-state index in [-0.39, 0.29) is 29.3 Å². The van der Waals surface area contributed by atoms with Crippen LogP contribution in [0, 0.1) is 10.1 Å². The lowest BCUT2D eigenvalue weighted by molar-refractivity contribution is -0.384. The van der Waals surface area contributed by atoms with E-state index in [1.54, 1.807) is 19.0 Å². The summed E-state index contributed by atoms with van der Waals surface area (Å²) in [6.07, 6.45) is 0. The van der Waals surface area contributed by atoms with Crippen LogP contribution in [0.25, 0.3) is 0 Å². The normalized spacial score (nSPS) is 10.4. The molecule has 6 nitrogen and oxygen atoms in total. The van der Waals surface area contributed by atoms with E-state index in [0.29, 0.717) is 0 Å². The monoisotopic (exact) mass is 224 g/mol. The molecule has 6 heteroatoms. The molecule has 86 valence electrons. The summed E-state index contributed by atoms with van der Waals surface area (Å²) in [4.78, 5) is 23.0. The molecule has 0 aliphatic carbocycles. The van der Waals surface area contributed by atoms with Crippen molar-refractivity contribution in [3.8, 4) is 5.75 Å². The Kier molecular flexibility index (Phi) is 3.57. The molecule has 0 saturated heterocycles. The molecule has 0 amide bonds. The molecule has 0 heterocycles. The van der Waals surface area contributed by atoms with Gasteiger partial charge in [0.2, 0.25) is 0 Å². The van der Waals surface area contributed by atoms with Crippen molar-refractivity contribution in [3.63, 3.8) is 0 Å². The Hall–Kier alpha value is -1.95. The van der Waals surface area contributed by atoms with Gasteiger partial charge in [0.05, 0.1) is 23.1 Å². The van der Waals surface area contributed by atoms with Gasteiger partial charge in [-0.25, -0.2) is 0 Å². The SMILES string of the molecule is CN(C)CC(=O)c1ccc([N+](=O)[O-])cc1O. The number of carbonyl (C=O) groups excluding carboxylic acids is 1. The van der Waals surface area contributed by atoms with Crippen molar-refractivity contribution in [3.05, 3.63) is 33.9 Å². The van der Waals surface area contributed by atoms with Gasteiger partial charge in [0.25, 0.3) is 5.69 Å². The molecule has 16 heavy (non-hydrogen) atoms. The van der Waals surface area contributed by atoms with Crippen molar-refractivity contribution >= 4 is 11.5 Å². The topological polar surface area (TPSA) is 83.7 Å². The molecule has 1 N–H and O–H groups in total. The quantitative estimate of drug-likeness (QED) is 0.469. The number of hydrogen-bond donors (Lipinski definition) is 1. The molecule has 1 aromatic carbocycles. The molecule has 0 fully saturated rings. The van der Waals surface area contributed by atoms with Crippen molar-refractivity contribution in [2.75, 3.05) is 20.6 Å². The molecule has 0 saturated carbocycles. The van der Waals surface area contributed by atoms with Gasteiger partial charge in [-0.1, -0.05) is 0 Å². The number of nitrogens with zero attached hydrogens (tertiary/aromatic N) is 2. The zero-order valence-electron chi connectivity index (χ0n) is 9.01. The van der Waals surface area contributed by atoms with E-state index in [0.717, 1.165) is 6.07 Å². The van der Waals surface area contributed by atoms with Crippen LogP contribution in [0.3, 0.4) is 0 Å². The maximum atomic E-state index is 11.6. The number of aromatic hydroxyl groups is 1. The number of rotatable bonds is 4. The summed E-state index contributed by atoms with van der Waals surface area (Å²) in [5.41, 5.74) is -0.141. The number of nitro benzene ring substituents is 1. The number of likely N-dealkylation sites (N-methyl/N-ethyl adjacent to an activating group) is 1. The second-order valence-corrected chi connectivity index (χ2v) is 3.62. The highest BCUT2D eigenvalue weighted by Gasteiger charge is 2.15. The van der Waals surface area contributed by atoms with Gasteiger partial charge < -0.3 is 10.0 Å². The Morgan fingerprint density at radius 2 is 2.12 bits per heavy atom. The smallest absolute Gasteiger partial charge is 0.273 e. The molecular formula is C10H12N2O4. The minimum Gasteiger partial charge on any atom is -0.507 e. The molecule has 0 radical (unpaired) electrons. The number of hydrogen-bond acceptors (Lipinski definition) is 5. The molecule has 0 atom stereocenters. The van der Waals surface area contributed by atoms with Crippen molar-refractivity contribution in [2.45, 2.75) is 0 Å². The number of nitro groups is 1. The largest absolute Gasteiger partial charge is 0.507 e. The first kappa shape index (κ1) is 12.1. The van der Waals surface area contributed by atoms with Crippen molar-refractivity contribution in [2.24, 2.45) is 0 Å². The third kappa shape index (κ3) is 2.77. The van der Waals surface area contributed by atoms with E-state index in [1.165, 1.54) is 12.1 Å². The average Bonchev–Trinajstić information content (AvgIpc) is 2.15. The molecule has 0 aliphatic heterocycles. The second kappa shape index (κ2) is 4.71. The summed E-state index contributed by atoms with van der Waals surface area (Å²) < 4.78 is 0. The van der Waals surface area contributed by atoms with Gasteiger partial charge in [-0.2, -0.15) is 0 Å². The number of carbonyl (C=O) groups is 1. The predicted molar refractivity (Wildman–Crippen MR) is 57.6 cm³/mol. The average molecular weight is 224 g/mol. The summed E-state index contributed by atoms with van der Waals surface area (Å²) in [5.74, 6) is -0.640. The van der Waals surface area contributed by atoms with E-state index in [9.17, 15) is 20.0 Å². The summed E-state index contributed by atoms with van der Waals surface area (Å²) >= 11 is 0. The van der Waals surface area contributed by atoms with Gasteiger partial charge in [-0.05, 0) is 20.2 Å².